The maximum Gasteiger partial charge on any atom is 0.414 e. The van der Waals surface area contributed by atoms with Crippen molar-refractivity contribution in [1.82, 2.24) is 4.90 Å². The molecule has 1 spiro atoms. The summed E-state index contributed by atoms with van der Waals surface area (Å²) in [4.78, 5) is 40.4. The van der Waals surface area contributed by atoms with Crippen LogP contribution in [0.25, 0.3) is 0 Å². The summed E-state index contributed by atoms with van der Waals surface area (Å²) >= 11 is 0. The first-order valence-electron chi connectivity index (χ1n) is 11.9. The molecule has 8 nitrogen and oxygen atoms in total. The second-order valence-electron chi connectivity index (χ2n) is 10.3. The monoisotopic (exact) mass is 480 g/mol. The van der Waals surface area contributed by atoms with Crippen molar-refractivity contribution in [2.45, 2.75) is 57.7 Å². The van der Waals surface area contributed by atoms with Crippen molar-refractivity contribution < 1.29 is 29.0 Å². The van der Waals surface area contributed by atoms with Crippen molar-refractivity contribution in [3.05, 3.63) is 65.2 Å². The fourth-order valence-electron chi connectivity index (χ4n) is 4.84. The number of piperidine rings is 1. The van der Waals surface area contributed by atoms with E-state index in [1.165, 1.54) is 0 Å². The second kappa shape index (κ2) is 9.60. The van der Waals surface area contributed by atoms with Crippen LogP contribution in [0.5, 0.6) is 0 Å². The van der Waals surface area contributed by atoms with E-state index in [0.29, 0.717) is 38.0 Å². The summed E-state index contributed by atoms with van der Waals surface area (Å²) in [5, 5.41) is 9.27. The normalized spacial score (nSPS) is 16.7. The van der Waals surface area contributed by atoms with Gasteiger partial charge in [-0.15, -0.1) is 0 Å². The minimum atomic E-state index is -0.906. The van der Waals surface area contributed by atoms with E-state index in [1.54, 1.807) is 15.9 Å². The van der Waals surface area contributed by atoms with Gasteiger partial charge in [-0.25, -0.2) is 9.59 Å². The Hall–Kier alpha value is -3.55. The predicted molar refractivity (Wildman–Crippen MR) is 130 cm³/mol. The molecule has 0 aromatic heterocycles. The standard InChI is InChI=1S/C27H32N2O6/c1-26(2,3)35-25(33)29-18-27(21-15-20(16-23(30)31)9-10-22(21)29)11-13-28(14-12-27)24(32)34-17-19-7-5-4-6-8-19/h4-10,15H,11-14,16-18H2,1-3H3,(H,30,31). The van der Waals surface area contributed by atoms with Crippen molar-refractivity contribution in [1.29, 1.82) is 0 Å². The quantitative estimate of drug-likeness (QED) is 0.679. The molecule has 186 valence electrons. The lowest BCUT2D eigenvalue weighted by Crippen LogP contribution is -2.48. The van der Waals surface area contributed by atoms with Gasteiger partial charge in [0.2, 0.25) is 0 Å². The van der Waals surface area contributed by atoms with Crippen LogP contribution in [0.2, 0.25) is 0 Å². The van der Waals surface area contributed by atoms with Gasteiger partial charge in [0.25, 0.3) is 0 Å². The number of fused-ring (bicyclic) bond motifs is 2. The fourth-order valence-corrected chi connectivity index (χ4v) is 4.84. The molecular formula is C27H32N2O6. The molecule has 2 heterocycles. The Morgan fingerprint density at radius 1 is 0.971 bits per heavy atom. The van der Waals surface area contributed by atoms with E-state index >= 15 is 0 Å². The topological polar surface area (TPSA) is 96.4 Å². The number of amides is 2. The summed E-state index contributed by atoms with van der Waals surface area (Å²) in [5.41, 5.74) is 2.29. The highest BCUT2D eigenvalue weighted by Gasteiger charge is 2.48. The van der Waals surface area contributed by atoms with Crippen LogP contribution in [0.1, 0.15) is 50.3 Å². The number of carbonyl (C=O) groups is 3. The lowest BCUT2D eigenvalue weighted by atomic mass is 9.74. The number of hydrogen-bond acceptors (Lipinski definition) is 5. The van der Waals surface area contributed by atoms with Gasteiger partial charge in [-0.1, -0.05) is 42.5 Å². The highest BCUT2D eigenvalue weighted by molar-refractivity contribution is 5.92. The zero-order valence-corrected chi connectivity index (χ0v) is 20.5. The third kappa shape index (κ3) is 5.58. The summed E-state index contributed by atoms with van der Waals surface area (Å²) in [6.07, 6.45) is 0.400. The molecule has 0 saturated carbocycles. The molecule has 1 saturated heterocycles. The number of carboxylic acid groups (broad SMARTS) is 1. The summed E-state index contributed by atoms with van der Waals surface area (Å²) < 4.78 is 11.2. The number of hydrogen-bond donors (Lipinski definition) is 1. The van der Waals surface area contributed by atoms with Crippen molar-refractivity contribution in [2.24, 2.45) is 0 Å². The molecule has 0 aliphatic carbocycles. The van der Waals surface area contributed by atoms with Crippen LogP contribution in [0.4, 0.5) is 15.3 Å². The fraction of sp³-hybridized carbons (Fsp3) is 0.444. The predicted octanol–water partition coefficient (Wildman–Crippen LogP) is 4.74. The Bertz CT molecular complexity index is 1100. The first kappa shape index (κ1) is 24.6. The van der Waals surface area contributed by atoms with Gasteiger partial charge < -0.3 is 19.5 Å². The van der Waals surface area contributed by atoms with E-state index in [-0.39, 0.29) is 24.5 Å². The molecule has 2 aromatic carbocycles. The van der Waals surface area contributed by atoms with Crippen LogP contribution < -0.4 is 4.90 Å². The van der Waals surface area contributed by atoms with Gasteiger partial charge in [-0.2, -0.15) is 0 Å². The third-order valence-electron chi connectivity index (χ3n) is 6.54. The first-order chi connectivity index (χ1) is 16.6. The highest BCUT2D eigenvalue weighted by atomic mass is 16.6. The Labute approximate surface area is 205 Å². The lowest BCUT2D eigenvalue weighted by molar-refractivity contribution is -0.136. The molecule has 0 bridgehead atoms. The summed E-state index contributed by atoms with van der Waals surface area (Å²) in [6.45, 7) is 7.10. The number of rotatable bonds is 4. The van der Waals surface area contributed by atoms with Gasteiger partial charge in [0.15, 0.2) is 0 Å². The molecule has 0 atom stereocenters. The van der Waals surface area contributed by atoms with Gasteiger partial charge in [-0.05, 0) is 56.4 Å². The molecule has 1 N–H and O–H groups in total. The molecule has 4 rings (SSSR count). The van der Waals surface area contributed by atoms with E-state index in [9.17, 15) is 19.5 Å². The third-order valence-corrected chi connectivity index (χ3v) is 6.54. The Balaban J connectivity index is 1.51. The molecule has 0 radical (unpaired) electrons. The largest absolute Gasteiger partial charge is 0.481 e. The van der Waals surface area contributed by atoms with Crippen LogP contribution in [-0.2, 0) is 32.7 Å². The first-order valence-corrected chi connectivity index (χ1v) is 11.9. The van der Waals surface area contributed by atoms with Crippen LogP contribution in [0, 0.1) is 0 Å². The molecular weight excluding hydrogens is 448 g/mol. The number of nitrogens with zero attached hydrogens (tertiary/aromatic N) is 2. The number of likely N-dealkylation sites (tertiary alicyclic amines) is 1. The minimum absolute atomic E-state index is 0.0895. The molecule has 1 fully saturated rings. The number of carboxylic acids is 1. The zero-order valence-electron chi connectivity index (χ0n) is 20.5. The second-order valence-corrected chi connectivity index (χ2v) is 10.3. The van der Waals surface area contributed by atoms with E-state index in [2.05, 4.69) is 0 Å². The van der Waals surface area contributed by atoms with E-state index in [1.807, 2.05) is 63.2 Å². The lowest BCUT2D eigenvalue weighted by Gasteiger charge is -2.39. The average Bonchev–Trinajstić information content (AvgIpc) is 3.11. The summed E-state index contributed by atoms with van der Waals surface area (Å²) in [5.74, 6) is -0.906. The minimum Gasteiger partial charge on any atom is -0.481 e. The van der Waals surface area contributed by atoms with Gasteiger partial charge >= 0.3 is 18.2 Å². The molecule has 8 heteroatoms. The Morgan fingerprint density at radius 2 is 1.66 bits per heavy atom. The SMILES string of the molecule is CC(C)(C)OC(=O)N1CC2(CCN(C(=O)OCc3ccccc3)CC2)c2cc(CC(=O)O)ccc21. The van der Waals surface area contributed by atoms with Crippen LogP contribution in [0.15, 0.2) is 48.5 Å². The Morgan fingerprint density at radius 3 is 2.29 bits per heavy atom. The van der Waals surface area contributed by atoms with Gasteiger partial charge in [0, 0.05) is 25.0 Å². The van der Waals surface area contributed by atoms with Crippen LogP contribution >= 0.6 is 0 Å². The molecule has 2 amide bonds. The molecule has 35 heavy (non-hydrogen) atoms. The van der Waals surface area contributed by atoms with E-state index in [0.717, 1.165) is 16.8 Å². The van der Waals surface area contributed by atoms with Gasteiger partial charge in [0.1, 0.15) is 12.2 Å². The molecule has 2 aliphatic heterocycles. The van der Waals surface area contributed by atoms with Gasteiger partial charge in [0.05, 0.1) is 12.1 Å². The van der Waals surface area contributed by atoms with Crippen molar-refractivity contribution in [3.63, 3.8) is 0 Å². The number of carbonyl (C=O) groups excluding carboxylic acids is 2. The summed E-state index contributed by atoms with van der Waals surface area (Å²) in [7, 11) is 0. The highest BCUT2D eigenvalue weighted by Crippen LogP contribution is 2.48. The number of ether oxygens (including phenoxy) is 2. The van der Waals surface area contributed by atoms with Crippen molar-refractivity contribution in [2.75, 3.05) is 24.5 Å². The summed E-state index contributed by atoms with van der Waals surface area (Å²) in [6, 6.07) is 15.0. The maximum atomic E-state index is 13.0. The van der Waals surface area contributed by atoms with Crippen molar-refractivity contribution >= 4 is 23.8 Å². The van der Waals surface area contributed by atoms with E-state index < -0.39 is 17.7 Å². The number of aliphatic carboxylic acids is 1. The number of anilines is 1. The molecule has 2 aliphatic rings. The smallest absolute Gasteiger partial charge is 0.414 e. The van der Waals surface area contributed by atoms with E-state index in [4.69, 9.17) is 9.47 Å². The molecule has 0 unspecified atom stereocenters. The van der Waals surface area contributed by atoms with Crippen molar-refractivity contribution in [3.8, 4) is 0 Å². The Kier molecular flexibility index (Phi) is 6.74. The van der Waals surface area contributed by atoms with Crippen LogP contribution in [-0.4, -0.2) is 53.4 Å². The average molecular weight is 481 g/mol. The molecule has 2 aromatic rings. The number of benzene rings is 2. The van der Waals surface area contributed by atoms with Gasteiger partial charge in [-0.3, -0.25) is 9.69 Å². The van der Waals surface area contributed by atoms with Crippen LogP contribution in [0.3, 0.4) is 0 Å². The zero-order chi connectivity index (χ0) is 25.2. The maximum absolute atomic E-state index is 13.0.